The van der Waals surface area contributed by atoms with Gasteiger partial charge in [0.1, 0.15) is 6.23 Å². The highest BCUT2D eigenvalue weighted by Crippen LogP contribution is 2.31. The van der Waals surface area contributed by atoms with Crippen molar-refractivity contribution in [1.82, 2.24) is 10.2 Å². The molecule has 2 aliphatic rings. The second kappa shape index (κ2) is 3.99. The summed E-state index contributed by atoms with van der Waals surface area (Å²) in [5.74, 6) is 0. The fourth-order valence-corrected chi connectivity index (χ4v) is 1.77. The molecule has 0 bridgehead atoms. The van der Waals surface area contributed by atoms with Gasteiger partial charge in [0.2, 0.25) is 0 Å². The van der Waals surface area contributed by atoms with Gasteiger partial charge < -0.3 is 14.6 Å². The third-order valence-electron chi connectivity index (χ3n) is 2.45. The molecule has 88 valence electrons. The smallest absolute Gasteiger partial charge is 0.200 e. The summed E-state index contributed by atoms with van der Waals surface area (Å²) in [5, 5.41) is 12.4. The Balaban J connectivity index is 1.78. The van der Waals surface area contributed by atoms with Crippen LogP contribution in [-0.4, -0.2) is 54.0 Å². The summed E-state index contributed by atoms with van der Waals surface area (Å²) < 4.78 is 11.1. The van der Waals surface area contributed by atoms with Crippen LogP contribution in [0.5, 0.6) is 0 Å². The predicted octanol–water partition coefficient (Wildman–Crippen LogP) is -0.292. The normalized spacial score (nSPS) is 38.0. The predicted molar refractivity (Wildman–Crippen MR) is 55.1 cm³/mol. The van der Waals surface area contributed by atoms with Gasteiger partial charge in [-0.2, -0.15) is 0 Å². The zero-order valence-electron chi connectivity index (χ0n) is 9.56. The Hall–Kier alpha value is -0.200. The zero-order chi connectivity index (χ0) is 11.1. The standard InChI is InChI=1S/C10H20N2O3/c1-10(2,3)15-9-8(14-9)12-5-4-11-7(13)6-12/h7-9,11,13H,4-6H2,1-3H3. The SMILES string of the molecule is CC(C)(C)OC1OC1N1CCNC(O)C1. The Morgan fingerprint density at radius 3 is 2.80 bits per heavy atom. The molecule has 2 rings (SSSR count). The summed E-state index contributed by atoms with van der Waals surface area (Å²) in [4.78, 5) is 2.11. The molecule has 3 unspecified atom stereocenters. The van der Waals surface area contributed by atoms with Crippen molar-refractivity contribution in [2.75, 3.05) is 19.6 Å². The van der Waals surface area contributed by atoms with Crippen LogP contribution in [0, 0.1) is 0 Å². The number of hydrogen-bond donors (Lipinski definition) is 2. The molecule has 0 spiro atoms. The highest BCUT2D eigenvalue weighted by Gasteiger charge is 2.47. The number of aliphatic hydroxyl groups is 1. The minimum absolute atomic E-state index is 0.0287. The van der Waals surface area contributed by atoms with E-state index in [1.807, 2.05) is 20.8 Å². The van der Waals surface area contributed by atoms with E-state index in [2.05, 4.69) is 10.2 Å². The van der Waals surface area contributed by atoms with Crippen molar-refractivity contribution in [3.05, 3.63) is 0 Å². The third-order valence-corrected chi connectivity index (χ3v) is 2.45. The van der Waals surface area contributed by atoms with Crippen LogP contribution < -0.4 is 5.32 Å². The van der Waals surface area contributed by atoms with Crippen molar-refractivity contribution in [3.8, 4) is 0 Å². The van der Waals surface area contributed by atoms with Gasteiger partial charge in [0.25, 0.3) is 0 Å². The van der Waals surface area contributed by atoms with Gasteiger partial charge >= 0.3 is 0 Å². The number of β-amino-alcohol motifs (C(OH)–C–C–N with tert-alkyl or cyclic N) is 1. The number of hydrogen-bond acceptors (Lipinski definition) is 5. The van der Waals surface area contributed by atoms with Crippen LogP contribution in [0.1, 0.15) is 20.8 Å². The molecule has 2 heterocycles. The maximum absolute atomic E-state index is 9.43. The van der Waals surface area contributed by atoms with Crippen molar-refractivity contribution in [2.45, 2.75) is 45.1 Å². The first-order chi connectivity index (χ1) is 6.96. The molecule has 0 radical (unpaired) electrons. The molecule has 2 saturated heterocycles. The van der Waals surface area contributed by atoms with Crippen LogP contribution in [0.2, 0.25) is 0 Å². The lowest BCUT2D eigenvalue weighted by Gasteiger charge is -2.29. The van der Waals surface area contributed by atoms with Crippen molar-refractivity contribution in [3.63, 3.8) is 0 Å². The summed E-state index contributed by atoms with van der Waals surface area (Å²) in [7, 11) is 0. The van der Waals surface area contributed by atoms with Gasteiger partial charge in [-0.3, -0.25) is 10.2 Å². The van der Waals surface area contributed by atoms with Gasteiger partial charge in [0.05, 0.1) is 5.60 Å². The molecule has 5 nitrogen and oxygen atoms in total. The van der Waals surface area contributed by atoms with E-state index in [0.717, 1.165) is 13.1 Å². The van der Waals surface area contributed by atoms with E-state index in [9.17, 15) is 5.11 Å². The van der Waals surface area contributed by atoms with Crippen LogP contribution in [-0.2, 0) is 9.47 Å². The monoisotopic (exact) mass is 216 g/mol. The number of rotatable bonds is 2. The van der Waals surface area contributed by atoms with Crippen molar-refractivity contribution in [2.24, 2.45) is 0 Å². The second-order valence-corrected chi connectivity index (χ2v) is 5.09. The van der Waals surface area contributed by atoms with E-state index < -0.39 is 6.23 Å². The van der Waals surface area contributed by atoms with Crippen molar-refractivity contribution >= 4 is 0 Å². The van der Waals surface area contributed by atoms with E-state index in [1.54, 1.807) is 0 Å². The molecule has 0 aromatic heterocycles. The molecule has 0 aromatic carbocycles. The molecule has 5 heteroatoms. The Labute approximate surface area is 90.3 Å². The van der Waals surface area contributed by atoms with Gasteiger partial charge in [-0.15, -0.1) is 0 Å². The quantitative estimate of drug-likeness (QED) is 0.621. The number of nitrogens with one attached hydrogen (secondary N) is 1. The summed E-state index contributed by atoms with van der Waals surface area (Å²) in [6.45, 7) is 8.33. The van der Waals surface area contributed by atoms with E-state index in [0.29, 0.717) is 6.54 Å². The first-order valence-electron chi connectivity index (χ1n) is 5.44. The molecule has 2 fully saturated rings. The van der Waals surface area contributed by atoms with Gasteiger partial charge in [-0.25, -0.2) is 0 Å². The lowest BCUT2D eigenvalue weighted by molar-refractivity contribution is -0.0582. The molecular formula is C10H20N2O3. The van der Waals surface area contributed by atoms with E-state index >= 15 is 0 Å². The molecule has 0 saturated carbocycles. The van der Waals surface area contributed by atoms with Crippen LogP contribution >= 0.6 is 0 Å². The Bertz CT molecular complexity index is 229. The summed E-state index contributed by atoms with van der Waals surface area (Å²) in [6.07, 6.45) is -0.547. The third kappa shape index (κ3) is 3.12. The average molecular weight is 216 g/mol. The topological polar surface area (TPSA) is 57.3 Å². The number of piperazine rings is 1. The highest BCUT2D eigenvalue weighted by atomic mass is 16.8. The van der Waals surface area contributed by atoms with Gasteiger partial charge in [0, 0.05) is 19.6 Å². The van der Waals surface area contributed by atoms with Crippen LogP contribution in [0.4, 0.5) is 0 Å². The van der Waals surface area contributed by atoms with Gasteiger partial charge in [-0.05, 0) is 20.8 Å². The minimum atomic E-state index is -0.446. The van der Waals surface area contributed by atoms with Crippen molar-refractivity contribution < 1.29 is 14.6 Å². The van der Waals surface area contributed by atoms with Gasteiger partial charge in [0.15, 0.2) is 12.5 Å². The number of epoxide rings is 1. The Morgan fingerprint density at radius 2 is 2.20 bits per heavy atom. The number of aliphatic hydroxyl groups excluding tert-OH is 1. The molecule has 2 N–H and O–H groups in total. The molecular weight excluding hydrogens is 196 g/mol. The van der Waals surface area contributed by atoms with Crippen molar-refractivity contribution in [1.29, 1.82) is 0 Å². The Kier molecular flexibility index (Phi) is 3.00. The number of ether oxygens (including phenoxy) is 2. The maximum Gasteiger partial charge on any atom is 0.200 e. The van der Waals surface area contributed by atoms with Gasteiger partial charge in [-0.1, -0.05) is 0 Å². The lowest BCUT2D eigenvalue weighted by Crippen LogP contribution is -2.52. The first kappa shape index (κ1) is 11.3. The second-order valence-electron chi connectivity index (χ2n) is 5.09. The molecule has 2 aliphatic heterocycles. The molecule has 0 amide bonds. The Morgan fingerprint density at radius 1 is 1.47 bits per heavy atom. The van der Waals surface area contributed by atoms with Crippen LogP contribution in [0.3, 0.4) is 0 Å². The molecule has 0 aliphatic carbocycles. The first-order valence-corrected chi connectivity index (χ1v) is 5.44. The molecule has 3 atom stereocenters. The average Bonchev–Trinajstić information content (AvgIpc) is 2.80. The zero-order valence-corrected chi connectivity index (χ0v) is 9.56. The summed E-state index contributed by atoms with van der Waals surface area (Å²) in [6, 6.07) is 0. The largest absolute Gasteiger partial charge is 0.377 e. The minimum Gasteiger partial charge on any atom is -0.377 e. The van der Waals surface area contributed by atoms with E-state index in [1.165, 1.54) is 0 Å². The van der Waals surface area contributed by atoms with E-state index in [-0.39, 0.29) is 18.1 Å². The fraction of sp³-hybridized carbons (Fsp3) is 1.00. The molecule has 0 aromatic rings. The lowest BCUT2D eigenvalue weighted by atomic mass is 10.2. The van der Waals surface area contributed by atoms with Crippen LogP contribution in [0.25, 0.3) is 0 Å². The fourth-order valence-electron chi connectivity index (χ4n) is 1.77. The maximum atomic E-state index is 9.43. The summed E-state index contributed by atoms with van der Waals surface area (Å²) >= 11 is 0. The summed E-state index contributed by atoms with van der Waals surface area (Å²) in [5.41, 5.74) is -0.175. The van der Waals surface area contributed by atoms with Crippen LogP contribution in [0.15, 0.2) is 0 Å². The highest BCUT2D eigenvalue weighted by molar-refractivity contribution is 4.84. The molecule has 15 heavy (non-hydrogen) atoms. The van der Waals surface area contributed by atoms with E-state index in [4.69, 9.17) is 9.47 Å². The number of nitrogens with zero attached hydrogens (tertiary/aromatic N) is 1.